The minimum atomic E-state index is -1.63. The highest BCUT2D eigenvalue weighted by Gasteiger charge is 2.23. The standard InChI is InChI=1S/C100H150B2N6O10/c1-7-13-19-25-31-37-43-53-67-113-95-73-84(64-66-86-76-100(118-72-58-48-42-36-30-24-18-12-6)90(78-98(86)116-70-56-46-40-34-28-22-16-10-4)94-82-108(106-104-94)80-88-60-50-52-62-92(88)102(111)112)96(114-68-54-44-38-32-26-20-14-8-2)74-83(95)63-65-85-75-99(117-71-57-47-41-35-29-23-17-11-5)89(77-97(85)115-69-55-45-39-33-27-21-15-9-3)93-81-107(105-103-93)79-87-59-49-51-61-91(87)101(109)110/h49-52,59-62,73-78,81-82,109-112H,7-48,53-58,67-72,79-80H2,1-6H3. The Kier molecular flexibility index (Phi) is 50.8. The first-order chi connectivity index (χ1) is 58.1. The lowest BCUT2D eigenvalue weighted by atomic mass is 9.77. The summed E-state index contributed by atoms with van der Waals surface area (Å²) >= 11 is 0. The van der Waals surface area contributed by atoms with Crippen molar-refractivity contribution in [1.29, 1.82) is 0 Å². The van der Waals surface area contributed by atoms with Gasteiger partial charge in [0.15, 0.2) is 0 Å². The molecule has 4 N–H and O–H groups in total. The molecule has 0 amide bonds. The van der Waals surface area contributed by atoms with Crippen LogP contribution >= 0.6 is 0 Å². The van der Waals surface area contributed by atoms with E-state index in [9.17, 15) is 20.1 Å². The number of unbranched alkanes of at least 4 members (excludes halogenated alkanes) is 42. The van der Waals surface area contributed by atoms with Gasteiger partial charge in [0.2, 0.25) is 0 Å². The van der Waals surface area contributed by atoms with Gasteiger partial charge in [-0.1, -0.05) is 394 Å². The summed E-state index contributed by atoms with van der Waals surface area (Å²) in [6.45, 7) is 17.2. The van der Waals surface area contributed by atoms with Crippen molar-refractivity contribution in [2.75, 3.05) is 39.6 Å². The molecular formula is C100H150B2N6O10. The van der Waals surface area contributed by atoms with Crippen LogP contribution in [0.25, 0.3) is 22.5 Å². The van der Waals surface area contributed by atoms with E-state index in [-0.39, 0.29) is 13.1 Å². The second-order valence-electron chi connectivity index (χ2n) is 32.7. The van der Waals surface area contributed by atoms with Crippen molar-refractivity contribution in [3.05, 3.63) is 131 Å². The summed E-state index contributed by atoms with van der Waals surface area (Å²) < 4.78 is 45.2. The molecule has 0 aliphatic rings. The SMILES string of the molecule is CCCCCCCCCCOc1cc(C#Cc2cc(OCCCCCCCCCC)c(-c3cn(Cc4ccccc4B(O)O)nn3)cc2OCCCCCCCCCC)c(OCCCCCCCCCC)cc1C#Cc1cc(OCCCCCCCCCC)c(-c2cn(Cc3ccccc3B(O)O)nn2)cc1OCCCCCCCCCC. The molecule has 118 heavy (non-hydrogen) atoms. The van der Waals surface area contributed by atoms with E-state index in [4.69, 9.17) is 38.6 Å². The van der Waals surface area contributed by atoms with Crippen molar-refractivity contribution in [3.63, 3.8) is 0 Å². The van der Waals surface area contributed by atoms with Gasteiger partial charge in [0, 0.05) is 35.4 Å². The van der Waals surface area contributed by atoms with Gasteiger partial charge in [0.05, 0.1) is 87.4 Å². The Balaban J connectivity index is 1.37. The third-order valence-corrected chi connectivity index (χ3v) is 22.4. The maximum absolute atomic E-state index is 10.3. The van der Waals surface area contributed by atoms with Gasteiger partial charge in [-0.05, 0) is 72.7 Å². The zero-order chi connectivity index (χ0) is 83.5. The number of rotatable bonds is 68. The number of nitrogens with zero attached hydrogens (tertiary/aromatic N) is 6. The molecule has 0 spiro atoms. The lowest BCUT2D eigenvalue weighted by Crippen LogP contribution is -2.33. The van der Waals surface area contributed by atoms with Crippen LogP contribution in [0.4, 0.5) is 0 Å². The van der Waals surface area contributed by atoms with Gasteiger partial charge >= 0.3 is 14.2 Å². The van der Waals surface area contributed by atoms with Crippen molar-refractivity contribution >= 4 is 25.2 Å². The smallest absolute Gasteiger partial charge is 0.488 e. The lowest BCUT2D eigenvalue weighted by Gasteiger charge is -2.16. The molecule has 7 aromatic rings. The van der Waals surface area contributed by atoms with Crippen LogP contribution in [0.3, 0.4) is 0 Å². The Morgan fingerprint density at radius 2 is 0.483 bits per heavy atom. The van der Waals surface area contributed by atoms with Crippen LogP contribution in [-0.2, 0) is 13.1 Å². The molecular weight excluding hydrogens is 1470 g/mol. The average Bonchev–Trinajstić information content (AvgIpc) is 1.75. The van der Waals surface area contributed by atoms with Gasteiger partial charge in [-0.3, -0.25) is 0 Å². The molecule has 0 radical (unpaired) electrons. The Hall–Kier alpha value is -7.73. The van der Waals surface area contributed by atoms with Crippen LogP contribution in [0.1, 0.15) is 383 Å². The summed E-state index contributed by atoms with van der Waals surface area (Å²) in [4.78, 5) is 0. The first-order valence-electron chi connectivity index (χ1n) is 47.1. The molecule has 5 aromatic carbocycles. The van der Waals surface area contributed by atoms with Crippen LogP contribution in [0.2, 0.25) is 0 Å². The second kappa shape index (κ2) is 61.5. The topological polar surface area (TPSA) is 198 Å². The molecule has 2 heterocycles. The summed E-state index contributed by atoms with van der Waals surface area (Å²) in [5.41, 5.74) is 7.63. The van der Waals surface area contributed by atoms with Crippen LogP contribution in [0.5, 0.6) is 34.5 Å². The first kappa shape index (κ1) is 97.4. The summed E-state index contributed by atoms with van der Waals surface area (Å²) in [6.07, 6.45) is 59.8. The van der Waals surface area contributed by atoms with E-state index in [0.717, 1.165) is 138 Å². The predicted molar refractivity (Wildman–Crippen MR) is 489 cm³/mol. The Morgan fingerprint density at radius 3 is 0.729 bits per heavy atom. The molecule has 18 heteroatoms. The third kappa shape index (κ3) is 38.3. The maximum Gasteiger partial charge on any atom is 0.488 e. The Morgan fingerprint density at radius 1 is 0.271 bits per heavy atom. The fourth-order valence-corrected chi connectivity index (χ4v) is 15.2. The molecule has 0 aliphatic heterocycles. The minimum absolute atomic E-state index is 0.279. The van der Waals surface area contributed by atoms with E-state index >= 15 is 0 Å². The summed E-state index contributed by atoms with van der Waals surface area (Å²) in [5.74, 6) is 18.4. The van der Waals surface area contributed by atoms with Gasteiger partial charge in [-0.25, -0.2) is 9.36 Å². The van der Waals surface area contributed by atoms with E-state index in [1.165, 1.54) is 193 Å². The fourth-order valence-electron chi connectivity index (χ4n) is 15.2. The zero-order valence-corrected chi connectivity index (χ0v) is 73.9. The van der Waals surface area contributed by atoms with Gasteiger partial charge in [0.1, 0.15) is 45.9 Å². The predicted octanol–water partition coefficient (Wildman–Crippen LogP) is 23.6. The fraction of sp³-hybridized carbons (Fsp3) is 0.620. The van der Waals surface area contributed by atoms with Crippen molar-refractivity contribution < 1.29 is 48.5 Å². The molecule has 646 valence electrons. The molecule has 0 saturated carbocycles. The highest BCUT2D eigenvalue weighted by Crippen LogP contribution is 2.39. The first-order valence-corrected chi connectivity index (χ1v) is 47.1. The van der Waals surface area contributed by atoms with Gasteiger partial charge in [-0.15, -0.1) is 10.2 Å². The number of hydrogen-bond acceptors (Lipinski definition) is 14. The van der Waals surface area contributed by atoms with E-state index < -0.39 is 14.2 Å². The highest BCUT2D eigenvalue weighted by molar-refractivity contribution is 6.59. The minimum Gasteiger partial charge on any atom is -0.493 e. The number of aromatic nitrogens is 6. The third-order valence-electron chi connectivity index (χ3n) is 22.4. The van der Waals surface area contributed by atoms with E-state index in [0.29, 0.717) is 119 Å². The molecule has 0 aliphatic carbocycles. The van der Waals surface area contributed by atoms with Gasteiger partial charge in [0.25, 0.3) is 0 Å². The molecule has 0 atom stereocenters. The van der Waals surface area contributed by atoms with E-state index in [1.807, 2.05) is 73.1 Å². The number of hydrogen-bond donors (Lipinski definition) is 4. The molecule has 0 bridgehead atoms. The highest BCUT2D eigenvalue weighted by atomic mass is 16.5. The second-order valence-corrected chi connectivity index (χ2v) is 32.7. The summed E-state index contributed by atoms with van der Waals surface area (Å²) in [6, 6.07) is 26.7. The molecule has 0 unspecified atom stereocenters. The van der Waals surface area contributed by atoms with E-state index in [1.54, 1.807) is 33.6 Å². The van der Waals surface area contributed by atoms with Crippen LogP contribution in [-0.4, -0.2) is 104 Å². The van der Waals surface area contributed by atoms with Crippen LogP contribution < -0.4 is 39.3 Å². The van der Waals surface area contributed by atoms with Gasteiger partial charge < -0.3 is 48.5 Å². The molecule has 16 nitrogen and oxygen atoms in total. The zero-order valence-electron chi connectivity index (χ0n) is 73.9. The quantitative estimate of drug-likeness (QED) is 0.0160. The van der Waals surface area contributed by atoms with Crippen LogP contribution in [0.15, 0.2) is 97.3 Å². The van der Waals surface area contributed by atoms with E-state index in [2.05, 4.69) is 75.7 Å². The summed E-state index contributed by atoms with van der Waals surface area (Å²) in [7, 11) is -3.27. The van der Waals surface area contributed by atoms with Crippen LogP contribution in [0, 0.1) is 23.7 Å². The molecule has 0 saturated heterocycles. The molecule has 0 fully saturated rings. The monoisotopic (exact) mass is 1620 g/mol. The van der Waals surface area contributed by atoms with Gasteiger partial charge in [-0.2, -0.15) is 0 Å². The van der Waals surface area contributed by atoms with Crippen molar-refractivity contribution in [2.24, 2.45) is 0 Å². The number of benzene rings is 5. The largest absolute Gasteiger partial charge is 0.493 e. The normalized spacial score (nSPS) is 11.2. The van der Waals surface area contributed by atoms with Crippen molar-refractivity contribution in [3.8, 4) is 80.7 Å². The lowest BCUT2D eigenvalue weighted by molar-refractivity contribution is 0.295. The van der Waals surface area contributed by atoms with Crippen molar-refractivity contribution in [2.45, 2.75) is 363 Å². The number of ether oxygens (including phenoxy) is 6. The molecule has 2 aromatic heterocycles. The van der Waals surface area contributed by atoms with Crippen molar-refractivity contribution in [1.82, 2.24) is 30.0 Å². The average molecular weight is 1620 g/mol. The molecule has 7 rings (SSSR count). The maximum atomic E-state index is 10.3. The Bertz CT molecular complexity index is 3700. The Labute approximate surface area is 713 Å². The summed E-state index contributed by atoms with van der Waals surface area (Å²) in [5, 5.41) is 60.1.